The van der Waals surface area contributed by atoms with Crippen LogP contribution in [-0.4, -0.2) is 28.7 Å². The van der Waals surface area contributed by atoms with Gasteiger partial charge in [-0.1, -0.05) is 0 Å². The lowest BCUT2D eigenvalue weighted by molar-refractivity contribution is -0.290. The summed E-state index contributed by atoms with van der Waals surface area (Å²) in [5, 5.41) is 0. The van der Waals surface area contributed by atoms with E-state index in [0.717, 1.165) is 0 Å². The standard InChI is InChI=1S/C8H6BrF5N2O/c1-4-15-2-5(9)6(16-4)17-3-7(10,11)8(12,13)14/h2H,3H2,1H3. The second kappa shape index (κ2) is 4.71. The fraction of sp³-hybridized carbons (Fsp3) is 0.500. The first-order valence-electron chi connectivity index (χ1n) is 4.20. The molecule has 0 N–H and O–H groups in total. The summed E-state index contributed by atoms with van der Waals surface area (Å²) in [6, 6.07) is 0. The van der Waals surface area contributed by atoms with E-state index in [1.807, 2.05) is 0 Å². The Morgan fingerprint density at radius 1 is 1.29 bits per heavy atom. The Morgan fingerprint density at radius 3 is 2.41 bits per heavy atom. The van der Waals surface area contributed by atoms with Gasteiger partial charge in [0.25, 0.3) is 0 Å². The first kappa shape index (κ1) is 14.1. The zero-order valence-electron chi connectivity index (χ0n) is 8.35. The molecule has 96 valence electrons. The molecule has 17 heavy (non-hydrogen) atoms. The molecule has 0 unspecified atom stereocenters. The van der Waals surface area contributed by atoms with Crippen molar-refractivity contribution < 1.29 is 26.7 Å². The van der Waals surface area contributed by atoms with Crippen LogP contribution < -0.4 is 4.74 Å². The van der Waals surface area contributed by atoms with Gasteiger partial charge in [0, 0.05) is 6.20 Å². The van der Waals surface area contributed by atoms with E-state index in [2.05, 4.69) is 30.6 Å². The maximum absolute atomic E-state index is 12.5. The molecule has 0 radical (unpaired) electrons. The minimum atomic E-state index is -5.65. The van der Waals surface area contributed by atoms with Gasteiger partial charge in [0.15, 0.2) is 6.61 Å². The zero-order chi connectivity index (χ0) is 13.3. The number of hydrogen-bond donors (Lipinski definition) is 0. The van der Waals surface area contributed by atoms with Gasteiger partial charge in [-0.25, -0.2) is 4.98 Å². The first-order valence-corrected chi connectivity index (χ1v) is 4.99. The summed E-state index contributed by atoms with van der Waals surface area (Å²) in [5.74, 6) is -5.09. The summed E-state index contributed by atoms with van der Waals surface area (Å²) in [5.41, 5.74) is 0. The molecule has 1 aromatic heterocycles. The maximum Gasteiger partial charge on any atom is 0.456 e. The molecule has 1 rings (SSSR count). The summed E-state index contributed by atoms with van der Waals surface area (Å²) in [6.07, 6.45) is -4.45. The van der Waals surface area contributed by atoms with Gasteiger partial charge < -0.3 is 4.74 Å². The molecule has 0 spiro atoms. The molecule has 0 bridgehead atoms. The van der Waals surface area contributed by atoms with Gasteiger partial charge in [0.1, 0.15) is 5.82 Å². The normalized spacial score (nSPS) is 12.6. The van der Waals surface area contributed by atoms with Crippen LogP contribution in [0.2, 0.25) is 0 Å². The number of aromatic nitrogens is 2. The Hall–Kier alpha value is -0.990. The predicted octanol–water partition coefficient (Wildman–Crippen LogP) is 3.12. The van der Waals surface area contributed by atoms with Crippen LogP contribution in [0.4, 0.5) is 22.0 Å². The van der Waals surface area contributed by atoms with Crippen molar-refractivity contribution in [2.45, 2.75) is 19.0 Å². The largest absolute Gasteiger partial charge is 0.470 e. The molecule has 0 aliphatic carbocycles. The van der Waals surface area contributed by atoms with Crippen molar-refractivity contribution in [2.75, 3.05) is 6.61 Å². The summed E-state index contributed by atoms with van der Waals surface area (Å²) >= 11 is 2.87. The van der Waals surface area contributed by atoms with Gasteiger partial charge in [-0.2, -0.15) is 26.9 Å². The van der Waals surface area contributed by atoms with E-state index in [-0.39, 0.29) is 16.2 Å². The number of rotatable bonds is 3. The van der Waals surface area contributed by atoms with E-state index in [1.54, 1.807) is 0 Å². The molecule has 3 nitrogen and oxygen atoms in total. The summed E-state index contributed by atoms with van der Waals surface area (Å²) in [6.45, 7) is -0.382. The van der Waals surface area contributed by atoms with Crippen molar-refractivity contribution in [2.24, 2.45) is 0 Å². The van der Waals surface area contributed by atoms with Crippen LogP contribution in [0.3, 0.4) is 0 Å². The number of hydrogen-bond acceptors (Lipinski definition) is 3. The van der Waals surface area contributed by atoms with Crippen molar-refractivity contribution in [3.05, 3.63) is 16.5 Å². The lowest BCUT2D eigenvalue weighted by Crippen LogP contribution is -2.41. The fourth-order valence-electron chi connectivity index (χ4n) is 0.777. The SMILES string of the molecule is Cc1ncc(Br)c(OCC(F)(F)C(F)(F)F)n1. The summed E-state index contributed by atoms with van der Waals surface area (Å²) in [4.78, 5) is 7.26. The van der Waals surface area contributed by atoms with Crippen LogP contribution in [0.25, 0.3) is 0 Å². The lowest BCUT2D eigenvalue weighted by atomic mass is 10.3. The highest BCUT2D eigenvalue weighted by Gasteiger charge is 2.58. The highest BCUT2D eigenvalue weighted by atomic mass is 79.9. The van der Waals surface area contributed by atoms with Gasteiger partial charge in [-0.15, -0.1) is 0 Å². The van der Waals surface area contributed by atoms with Crippen LogP contribution in [-0.2, 0) is 0 Å². The number of aryl methyl sites for hydroxylation is 1. The van der Waals surface area contributed by atoms with Crippen molar-refractivity contribution in [1.82, 2.24) is 9.97 Å². The van der Waals surface area contributed by atoms with Crippen molar-refractivity contribution in [3.8, 4) is 5.88 Å². The minimum absolute atomic E-state index is 0.0982. The highest BCUT2D eigenvalue weighted by molar-refractivity contribution is 9.10. The molecule has 0 aliphatic heterocycles. The van der Waals surface area contributed by atoms with Gasteiger partial charge in [0.05, 0.1) is 4.47 Å². The molecule has 1 heterocycles. The van der Waals surface area contributed by atoms with Crippen LogP contribution in [0.5, 0.6) is 5.88 Å². The average Bonchev–Trinajstić information content (AvgIpc) is 2.18. The van der Waals surface area contributed by atoms with Crippen molar-refractivity contribution in [1.29, 1.82) is 0 Å². The number of halogens is 6. The lowest BCUT2D eigenvalue weighted by Gasteiger charge is -2.19. The van der Waals surface area contributed by atoms with Gasteiger partial charge in [-0.05, 0) is 22.9 Å². The molecule has 1 aromatic rings. The molecular weight excluding hydrogens is 315 g/mol. The van der Waals surface area contributed by atoms with Crippen LogP contribution in [0.1, 0.15) is 5.82 Å². The van der Waals surface area contributed by atoms with Gasteiger partial charge in [-0.3, -0.25) is 0 Å². The molecule has 0 aliphatic rings. The van der Waals surface area contributed by atoms with Crippen molar-refractivity contribution >= 4 is 15.9 Å². The summed E-state index contributed by atoms with van der Waals surface area (Å²) in [7, 11) is 0. The molecule has 0 atom stereocenters. The van der Waals surface area contributed by atoms with Crippen LogP contribution in [0.15, 0.2) is 10.7 Å². The second-order valence-electron chi connectivity index (χ2n) is 3.06. The Labute approximate surface area is 101 Å². The van der Waals surface area contributed by atoms with E-state index >= 15 is 0 Å². The molecule has 0 saturated carbocycles. The maximum atomic E-state index is 12.5. The topological polar surface area (TPSA) is 35.0 Å². The Morgan fingerprint density at radius 2 is 1.88 bits per heavy atom. The van der Waals surface area contributed by atoms with Crippen LogP contribution >= 0.6 is 15.9 Å². The third-order valence-electron chi connectivity index (χ3n) is 1.64. The first-order chi connectivity index (χ1) is 7.63. The predicted molar refractivity (Wildman–Crippen MR) is 51.0 cm³/mol. The number of alkyl halides is 5. The van der Waals surface area contributed by atoms with Gasteiger partial charge >= 0.3 is 12.1 Å². The monoisotopic (exact) mass is 320 g/mol. The smallest absolute Gasteiger partial charge is 0.456 e. The van der Waals surface area contributed by atoms with E-state index in [4.69, 9.17) is 0 Å². The van der Waals surface area contributed by atoms with Crippen molar-refractivity contribution in [3.63, 3.8) is 0 Å². The van der Waals surface area contributed by atoms with E-state index in [9.17, 15) is 22.0 Å². The Balaban J connectivity index is 2.77. The molecule has 0 saturated heterocycles. The van der Waals surface area contributed by atoms with Crippen LogP contribution in [0, 0.1) is 6.92 Å². The molecule has 9 heteroatoms. The zero-order valence-corrected chi connectivity index (χ0v) is 9.94. The number of ether oxygens (including phenoxy) is 1. The summed E-state index contributed by atoms with van der Waals surface area (Å²) < 4.78 is 65.0. The molecule has 0 amide bonds. The number of nitrogens with zero attached hydrogens (tertiary/aromatic N) is 2. The van der Waals surface area contributed by atoms with E-state index < -0.39 is 18.7 Å². The quantitative estimate of drug-likeness (QED) is 0.803. The fourth-order valence-corrected chi connectivity index (χ4v) is 1.08. The minimum Gasteiger partial charge on any atom is -0.470 e. The molecule has 0 aromatic carbocycles. The second-order valence-corrected chi connectivity index (χ2v) is 3.92. The van der Waals surface area contributed by atoms with E-state index in [0.29, 0.717) is 0 Å². The van der Waals surface area contributed by atoms with Gasteiger partial charge in [0.2, 0.25) is 5.88 Å². The Kier molecular flexibility index (Phi) is 3.90. The molecular formula is C8H6BrF5N2O. The molecule has 0 fully saturated rings. The highest BCUT2D eigenvalue weighted by Crippen LogP contribution is 2.36. The Bertz CT molecular complexity index is 409. The third kappa shape index (κ3) is 3.48. The average molecular weight is 321 g/mol. The van der Waals surface area contributed by atoms with E-state index in [1.165, 1.54) is 13.1 Å². The third-order valence-corrected chi connectivity index (χ3v) is 2.18.